The molecule has 1 fully saturated rings. The molecule has 1 N–H and O–H groups in total. The van der Waals surface area contributed by atoms with Gasteiger partial charge in [0, 0.05) is 23.7 Å². The van der Waals surface area contributed by atoms with E-state index in [0.717, 1.165) is 12.1 Å². The zero-order valence-electron chi connectivity index (χ0n) is 23.6. The van der Waals surface area contributed by atoms with E-state index in [-0.39, 0.29) is 35.2 Å². The third-order valence-electron chi connectivity index (χ3n) is 7.62. The smallest absolute Gasteiger partial charge is 0.366 e. The lowest BCUT2D eigenvalue weighted by Gasteiger charge is -2.27. The van der Waals surface area contributed by atoms with Crippen molar-refractivity contribution in [3.63, 3.8) is 0 Å². The lowest BCUT2D eigenvalue weighted by atomic mass is 9.95. The van der Waals surface area contributed by atoms with Gasteiger partial charge in [0.25, 0.3) is 5.91 Å². The number of ether oxygens (including phenoxy) is 1. The molecule has 4 rings (SSSR count). The summed E-state index contributed by atoms with van der Waals surface area (Å²) in [6, 6.07) is 17.9. The molecule has 1 amide bonds. The first-order chi connectivity index (χ1) is 20.8. The van der Waals surface area contributed by atoms with Crippen molar-refractivity contribution < 1.29 is 39.9 Å². The van der Waals surface area contributed by atoms with Crippen molar-refractivity contribution in [2.24, 2.45) is 0 Å². The van der Waals surface area contributed by atoms with Gasteiger partial charge in [-0.15, -0.1) is 0 Å². The number of anilines is 1. The number of carbonyl (C=O) groups excluding carboxylic acids is 1. The van der Waals surface area contributed by atoms with Crippen molar-refractivity contribution in [3.05, 3.63) is 95.1 Å². The van der Waals surface area contributed by atoms with Gasteiger partial charge in [-0.3, -0.25) is 4.79 Å². The first-order valence-electron chi connectivity index (χ1n) is 13.8. The summed E-state index contributed by atoms with van der Waals surface area (Å²) in [5.41, 5.74) is 1.30. The van der Waals surface area contributed by atoms with E-state index in [0.29, 0.717) is 29.8 Å². The molecule has 44 heavy (non-hydrogen) atoms. The fourth-order valence-corrected chi connectivity index (χ4v) is 6.11. The van der Waals surface area contributed by atoms with E-state index >= 15 is 0 Å². The number of benzene rings is 3. The van der Waals surface area contributed by atoms with Crippen LogP contribution in [-0.2, 0) is 20.8 Å². The molecular weight excluding hydrogens is 605 g/mol. The van der Waals surface area contributed by atoms with Crippen LogP contribution in [0.5, 0.6) is 0 Å². The van der Waals surface area contributed by atoms with Crippen LogP contribution < -0.4 is 10.2 Å². The molecule has 1 aliphatic heterocycles. The van der Waals surface area contributed by atoms with Gasteiger partial charge in [-0.1, -0.05) is 31.2 Å². The number of nitriles is 1. The van der Waals surface area contributed by atoms with Gasteiger partial charge in [0.1, 0.15) is 0 Å². The Morgan fingerprint density at radius 2 is 1.68 bits per heavy atom. The van der Waals surface area contributed by atoms with Gasteiger partial charge in [0.05, 0.1) is 47.4 Å². The number of hydrogen-bond acceptors (Lipinski definition) is 6. The second-order valence-corrected chi connectivity index (χ2v) is 12.6. The van der Waals surface area contributed by atoms with Crippen molar-refractivity contribution in [1.29, 1.82) is 5.26 Å². The van der Waals surface area contributed by atoms with E-state index in [1.807, 2.05) is 11.0 Å². The highest BCUT2D eigenvalue weighted by Gasteiger charge is 2.35. The average molecular weight is 636 g/mol. The topological polar surface area (TPSA) is 99.5 Å². The molecule has 3 aromatic carbocycles. The zero-order chi connectivity index (χ0) is 32.1. The summed E-state index contributed by atoms with van der Waals surface area (Å²) in [4.78, 5) is 15.0. The van der Waals surface area contributed by atoms with Crippen LogP contribution in [0.1, 0.15) is 58.8 Å². The SMILES string of the molecule is CCS(=O)(=O)c1ccc([C@@H](CC#N)NC(=O)c2ccc(N3C[C@H](c4ccc(C(F)(F)F)cc4)C[C@H]3COC(F)F)cc2)cc1. The minimum Gasteiger partial charge on any atom is -0.366 e. The van der Waals surface area contributed by atoms with Crippen LogP contribution >= 0.6 is 0 Å². The molecule has 1 saturated heterocycles. The number of halogens is 5. The minimum atomic E-state index is -4.47. The van der Waals surface area contributed by atoms with E-state index in [1.165, 1.54) is 31.2 Å². The van der Waals surface area contributed by atoms with E-state index in [2.05, 4.69) is 10.1 Å². The zero-order valence-corrected chi connectivity index (χ0v) is 24.4. The van der Waals surface area contributed by atoms with Crippen molar-refractivity contribution in [2.75, 3.05) is 23.8 Å². The van der Waals surface area contributed by atoms with E-state index < -0.39 is 46.2 Å². The molecule has 1 aliphatic rings. The fourth-order valence-electron chi connectivity index (χ4n) is 5.22. The fraction of sp³-hybridized carbons (Fsp3) is 0.355. The molecule has 3 aromatic rings. The maximum atomic E-state index is 13.1. The van der Waals surface area contributed by atoms with Gasteiger partial charge < -0.3 is 15.0 Å². The van der Waals surface area contributed by atoms with Gasteiger partial charge in [0.2, 0.25) is 0 Å². The second-order valence-electron chi connectivity index (χ2n) is 10.4. The number of hydrogen-bond donors (Lipinski definition) is 1. The Kier molecular flexibility index (Phi) is 10.3. The van der Waals surface area contributed by atoms with Crippen molar-refractivity contribution in [1.82, 2.24) is 5.32 Å². The van der Waals surface area contributed by atoms with Crippen molar-refractivity contribution >= 4 is 21.4 Å². The quantitative estimate of drug-likeness (QED) is 0.242. The first-order valence-corrected chi connectivity index (χ1v) is 15.4. The van der Waals surface area contributed by atoms with Gasteiger partial charge in [-0.2, -0.15) is 27.2 Å². The Balaban J connectivity index is 1.49. The van der Waals surface area contributed by atoms with Crippen LogP contribution in [0, 0.1) is 11.3 Å². The summed E-state index contributed by atoms with van der Waals surface area (Å²) < 4.78 is 93.6. The number of carbonyl (C=O) groups is 1. The molecule has 1 heterocycles. The number of nitrogens with one attached hydrogen (secondary N) is 1. The maximum absolute atomic E-state index is 13.1. The molecule has 234 valence electrons. The molecule has 0 aromatic heterocycles. The monoisotopic (exact) mass is 635 g/mol. The average Bonchev–Trinajstić information content (AvgIpc) is 3.44. The molecule has 0 bridgehead atoms. The molecule has 7 nitrogen and oxygen atoms in total. The summed E-state index contributed by atoms with van der Waals surface area (Å²) in [5.74, 6) is -0.783. The van der Waals surface area contributed by atoms with Crippen LogP contribution in [0.15, 0.2) is 77.7 Å². The highest BCUT2D eigenvalue weighted by Crippen LogP contribution is 2.37. The maximum Gasteiger partial charge on any atom is 0.416 e. The summed E-state index contributed by atoms with van der Waals surface area (Å²) in [6.45, 7) is -1.42. The lowest BCUT2D eigenvalue weighted by Crippen LogP contribution is -2.34. The van der Waals surface area contributed by atoms with E-state index in [9.17, 15) is 40.4 Å². The Hall–Kier alpha value is -4.02. The molecule has 0 unspecified atom stereocenters. The number of rotatable bonds is 11. The molecule has 13 heteroatoms. The highest BCUT2D eigenvalue weighted by molar-refractivity contribution is 7.91. The largest absolute Gasteiger partial charge is 0.416 e. The summed E-state index contributed by atoms with van der Waals surface area (Å²) in [6.07, 6.45) is -4.16. The predicted octanol–water partition coefficient (Wildman–Crippen LogP) is 6.49. The Morgan fingerprint density at radius 1 is 1.05 bits per heavy atom. The van der Waals surface area contributed by atoms with Crippen molar-refractivity contribution in [2.45, 2.75) is 55.5 Å². The molecule has 0 spiro atoms. The molecular formula is C31H30F5N3O4S. The number of nitrogens with zero attached hydrogens (tertiary/aromatic N) is 2. The van der Waals surface area contributed by atoms with Crippen LogP contribution in [0.2, 0.25) is 0 Å². The van der Waals surface area contributed by atoms with E-state index in [4.69, 9.17) is 0 Å². The Labute approximate surface area is 252 Å². The number of alkyl halides is 5. The standard InChI is InChI=1S/C31H30F5N3O4S/c1-2-44(41,42)27-13-7-21(8-14-27)28(15-16-37)38-29(40)22-5-11-25(12-6-22)39-18-23(17-26(39)19-43-30(32)33)20-3-9-24(10-4-20)31(34,35)36/h3-14,23,26,28,30H,2,15,17-19H2,1H3,(H,38,40)/t23-,26+,28-/m1/s1. The molecule has 0 aliphatic carbocycles. The van der Waals surface area contributed by atoms with E-state index in [1.54, 1.807) is 36.4 Å². The van der Waals surface area contributed by atoms with Gasteiger partial charge in [-0.25, -0.2) is 8.42 Å². The Morgan fingerprint density at radius 3 is 2.23 bits per heavy atom. The predicted molar refractivity (Wildman–Crippen MR) is 153 cm³/mol. The Bertz CT molecular complexity index is 1570. The van der Waals surface area contributed by atoms with Crippen LogP contribution in [-0.4, -0.2) is 45.9 Å². The van der Waals surface area contributed by atoms with Crippen molar-refractivity contribution in [3.8, 4) is 6.07 Å². The van der Waals surface area contributed by atoms with Crippen LogP contribution in [0.3, 0.4) is 0 Å². The third kappa shape index (κ3) is 7.92. The normalized spacial score (nSPS) is 17.8. The van der Waals surface area contributed by atoms with Crippen LogP contribution in [0.25, 0.3) is 0 Å². The number of amides is 1. The summed E-state index contributed by atoms with van der Waals surface area (Å²) >= 11 is 0. The summed E-state index contributed by atoms with van der Waals surface area (Å²) in [7, 11) is -3.41. The second kappa shape index (κ2) is 13.7. The number of sulfone groups is 1. The molecule has 0 radical (unpaired) electrons. The molecule has 3 atom stereocenters. The van der Waals surface area contributed by atoms with Crippen LogP contribution in [0.4, 0.5) is 27.6 Å². The summed E-state index contributed by atoms with van der Waals surface area (Å²) in [5, 5.41) is 12.1. The minimum absolute atomic E-state index is 0.0609. The lowest BCUT2D eigenvalue weighted by molar-refractivity contribution is -0.137. The highest BCUT2D eigenvalue weighted by atomic mass is 32.2. The van der Waals surface area contributed by atoms with Gasteiger partial charge >= 0.3 is 12.8 Å². The van der Waals surface area contributed by atoms with Gasteiger partial charge in [-0.05, 0) is 66.1 Å². The molecule has 0 saturated carbocycles. The van der Waals surface area contributed by atoms with Gasteiger partial charge in [0.15, 0.2) is 9.84 Å². The third-order valence-corrected chi connectivity index (χ3v) is 9.37. The first kappa shape index (κ1) is 32.9.